The standard InChI is InChI=1S/C19H18N6OS/c1-10-13(4)27-19(16(10)8-21)24-17(26)6-5-15-11(2)23-18-14(7-20)9-22-25(18)12(15)3/h9H,5-6H2,1-4H3,(H,24,26). The zero-order chi connectivity index (χ0) is 19.7. The van der Waals surface area contributed by atoms with Gasteiger partial charge in [0.2, 0.25) is 5.91 Å². The summed E-state index contributed by atoms with van der Waals surface area (Å²) in [6.07, 6.45) is 2.26. The van der Waals surface area contributed by atoms with Gasteiger partial charge in [-0.1, -0.05) is 0 Å². The largest absolute Gasteiger partial charge is 0.317 e. The molecule has 136 valence electrons. The summed E-state index contributed by atoms with van der Waals surface area (Å²) < 4.78 is 1.64. The number of amides is 1. The highest BCUT2D eigenvalue weighted by Gasteiger charge is 2.17. The summed E-state index contributed by atoms with van der Waals surface area (Å²) in [7, 11) is 0. The smallest absolute Gasteiger partial charge is 0.225 e. The minimum Gasteiger partial charge on any atom is -0.317 e. The Kier molecular flexibility index (Phi) is 4.93. The van der Waals surface area contributed by atoms with Crippen molar-refractivity contribution in [2.45, 2.75) is 40.5 Å². The number of carbonyl (C=O) groups excluding carboxylic acids is 1. The van der Waals surface area contributed by atoms with E-state index in [0.29, 0.717) is 28.2 Å². The lowest BCUT2D eigenvalue weighted by atomic mass is 10.1. The molecule has 0 bridgehead atoms. The number of nitrogens with one attached hydrogen (secondary N) is 1. The molecule has 3 heterocycles. The van der Waals surface area contributed by atoms with Gasteiger partial charge in [0, 0.05) is 22.7 Å². The molecule has 3 rings (SSSR count). The molecule has 0 aliphatic rings. The second-order valence-corrected chi connectivity index (χ2v) is 7.54. The third-order valence-electron chi connectivity index (χ3n) is 4.68. The van der Waals surface area contributed by atoms with Gasteiger partial charge in [-0.15, -0.1) is 11.3 Å². The number of nitriles is 2. The molecule has 3 aromatic heterocycles. The van der Waals surface area contributed by atoms with Crippen LogP contribution in [0.15, 0.2) is 6.20 Å². The van der Waals surface area contributed by atoms with E-state index in [1.807, 2.05) is 27.7 Å². The Bertz CT molecular complexity index is 1140. The third-order valence-corrected chi connectivity index (χ3v) is 5.80. The maximum absolute atomic E-state index is 12.4. The van der Waals surface area contributed by atoms with Crippen LogP contribution >= 0.6 is 11.3 Å². The summed E-state index contributed by atoms with van der Waals surface area (Å²) in [4.78, 5) is 17.9. The van der Waals surface area contributed by atoms with Crippen LogP contribution in [0.4, 0.5) is 5.00 Å². The highest BCUT2D eigenvalue weighted by molar-refractivity contribution is 7.16. The number of fused-ring (bicyclic) bond motifs is 1. The van der Waals surface area contributed by atoms with Crippen LogP contribution in [0.5, 0.6) is 0 Å². The van der Waals surface area contributed by atoms with Gasteiger partial charge in [-0.05, 0) is 45.2 Å². The van der Waals surface area contributed by atoms with E-state index in [9.17, 15) is 10.1 Å². The number of hydrogen-bond acceptors (Lipinski definition) is 6. The van der Waals surface area contributed by atoms with Crippen LogP contribution in [0, 0.1) is 50.4 Å². The fraction of sp³-hybridized carbons (Fsp3) is 0.316. The van der Waals surface area contributed by atoms with Crippen molar-refractivity contribution in [3.63, 3.8) is 0 Å². The van der Waals surface area contributed by atoms with Crippen molar-refractivity contribution in [2.24, 2.45) is 0 Å². The minimum absolute atomic E-state index is 0.148. The second-order valence-electron chi connectivity index (χ2n) is 6.31. The lowest BCUT2D eigenvalue weighted by Gasteiger charge is -2.11. The van der Waals surface area contributed by atoms with Crippen molar-refractivity contribution < 1.29 is 4.79 Å². The molecule has 7 nitrogen and oxygen atoms in total. The second kappa shape index (κ2) is 7.18. The van der Waals surface area contributed by atoms with Crippen molar-refractivity contribution in [2.75, 3.05) is 5.32 Å². The van der Waals surface area contributed by atoms with Gasteiger partial charge in [0.1, 0.15) is 22.7 Å². The van der Waals surface area contributed by atoms with Crippen molar-refractivity contribution in [1.29, 1.82) is 10.5 Å². The fourth-order valence-electron chi connectivity index (χ4n) is 3.03. The molecule has 0 aromatic carbocycles. The molecule has 0 unspecified atom stereocenters. The number of carbonyl (C=O) groups is 1. The summed E-state index contributed by atoms with van der Waals surface area (Å²) in [5.74, 6) is -0.148. The van der Waals surface area contributed by atoms with Crippen molar-refractivity contribution in [3.8, 4) is 12.1 Å². The molecular formula is C19H18N6OS. The van der Waals surface area contributed by atoms with Gasteiger partial charge >= 0.3 is 0 Å². The van der Waals surface area contributed by atoms with Crippen molar-refractivity contribution >= 4 is 27.9 Å². The zero-order valence-electron chi connectivity index (χ0n) is 15.5. The number of thiophene rings is 1. The molecule has 1 amide bonds. The van der Waals surface area contributed by atoms with Gasteiger partial charge in [-0.2, -0.15) is 15.6 Å². The van der Waals surface area contributed by atoms with E-state index in [0.717, 1.165) is 27.4 Å². The molecular weight excluding hydrogens is 360 g/mol. The van der Waals surface area contributed by atoms with E-state index >= 15 is 0 Å². The summed E-state index contributed by atoms with van der Waals surface area (Å²) in [5, 5.41) is 26.1. The highest BCUT2D eigenvalue weighted by Crippen LogP contribution is 2.31. The molecule has 1 N–H and O–H groups in total. The van der Waals surface area contributed by atoms with Crippen LogP contribution in [0.1, 0.15) is 44.9 Å². The van der Waals surface area contributed by atoms with Gasteiger partial charge in [0.05, 0.1) is 11.8 Å². The molecule has 0 radical (unpaired) electrons. The molecule has 3 aromatic rings. The van der Waals surface area contributed by atoms with E-state index in [1.54, 1.807) is 4.52 Å². The number of rotatable bonds is 4. The Balaban J connectivity index is 1.79. The number of aryl methyl sites for hydroxylation is 3. The first-order valence-corrected chi connectivity index (χ1v) is 9.22. The first-order valence-electron chi connectivity index (χ1n) is 8.41. The number of aromatic nitrogens is 3. The summed E-state index contributed by atoms with van der Waals surface area (Å²) in [5.41, 5.74) is 4.98. The van der Waals surface area contributed by atoms with Gasteiger partial charge in [-0.25, -0.2) is 9.50 Å². The highest BCUT2D eigenvalue weighted by atomic mass is 32.1. The van der Waals surface area contributed by atoms with Crippen LogP contribution in [0.3, 0.4) is 0 Å². The van der Waals surface area contributed by atoms with Crippen LogP contribution in [-0.4, -0.2) is 20.5 Å². The monoisotopic (exact) mass is 378 g/mol. The van der Waals surface area contributed by atoms with Crippen molar-refractivity contribution in [3.05, 3.63) is 44.7 Å². The lowest BCUT2D eigenvalue weighted by Crippen LogP contribution is -2.14. The first-order chi connectivity index (χ1) is 12.9. The molecule has 0 saturated heterocycles. The van der Waals surface area contributed by atoms with E-state index in [4.69, 9.17) is 5.26 Å². The Morgan fingerprint density at radius 2 is 2.00 bits per heavy atom. The maximum Gasteiger partial charge on any atom is 0.225 e. The normalized spacial score (nSPS) is 10.6. The van der Waals surface area contributed by atoms with Crippen LogP contribution < -0.4 is 5.32 Å². The van der Waals surface area contributed by atoms with Gasteiger partial charge in [-0.3, -0.25) is 4.79 Å². The first kappa shape index (κ1) is 18.6. The average molecular weight is 378 g/mol. The van der Waals surface area contributed by atoms with Crippen LogP contribution in [0.25, 0.3) is 5.65 Å². The topological polar surface area (TPSA) is 107 Å². The van der Waals surface area contributed by atoms with Crippen molar-refractivity contribution in [1.82, 2.24) is 14.6 Å². The van der Waals surface area contributed by atoms with E-state index in [2.05, 4.69) is 27.5 Å². The summed E-state index contributed by atoms with van der Waals surface area (Å²) in [6.45, 7) is 7.59. The quantitative estimate of drug-likeness (QED) is 0.749. The number of hydrogen-bond donors (Lipinski definition) is 1. The van der Waals surface area contributed by atoms with Crippen LogP contribution in [0.2, 0.25) is 0 Å². The van der Waals surface area contributed by atoms with Gasteiger partial charge in [0.25, 0.3) is 0 Å². The Hall–Kier alpha value is -3.23. The van der Waals surface area contributed by atoms with Gasteiger partial charge in [0.15, 0.2) is 5.65 Å². The third kappa shape index (κ3) is 3.27. The summed E-state index contributed by atoms with van der Waals surface area (Å²) in [6, 6.07) is 4.24. The Morgan fingerprint density at radius 3 is 2.67 bits per heavy atom. The fourth-order valence-corrected chi connectivity index (χ4v) is 4.06. The average Bonchev–Trinajstić information content (AvgIpc) is 3.15. The Morgan fingerprint density at radius 1 is 1.26 bits per heavy atom. The maximum atomic E-state index is 12.4. The molecule has 0 aliphatic heterocycles. The van der Waals surface area contributed by atoms with E-state index < -0.39 is 0 Å². The minimum atomic E-state index is -0.148. The molecule has 0 saturated carbocycles. The SMILES string of the molecule is Cc1nc2c(C#N)cnn2c(C)c1CCC(=O)Nc1sc(C)c(C)c1C#N. The van der Waals surface area contributed by atoms with E-state index in [1.165, 1.54) is 17.5 Å². The number of anilines is 1. The summed E-state index contributed by atoms with van der Waals surface area (Å²) >= 11 is 1.42. The molecule has 0 atom stereocenters. The molecule has 0 aliphatic carbocycles. The lowest BCUT2D eigenvalue weighted by molar-refractivity contribution is -0.116. The Labute approximate surface area is 160 Å². The zero-order valence-corrected chi connectivity index (χ0v) is 16.4. The number of nitrogens with zero attached hydrogens (tertiary/aromatic N) is 5. The molecule has 8 heteroatoms. The predicted octanol–water partition coefficient (Wildman–Crippen LogP) is 3.34. The molecule has 0 fully saturated rings. The molecule has 0 spiro atoms. The van der Waals surface area contributed by atoms with Crippen LogP contribution in [-0.2, 0) is 11.2 Å². The predicted molar refractivity (Wildman–Crippen MR) is 103 cm³/mol. The van der Waals surface area contributed by atoms with Gasteiger partial charge < -0.3 is 5.32 Å². The molecule has 27 heavy (non-hydrogen) atoms. The van der Waals surface area contributed by atoms with E-state index in [-0.39, 0.29) is 12.3 Å².